The van der Waals surface area contributed by atoms with Crippen LogP contribution in [0.15, 0.2) is 35.2 Å². The van der Waals surface area contributed by atoms with Crippen molar-refractivity contribution in [2.75, 3.05) is 6.54 Å². The molecule has 0 aliphatic carbocycles. The van der Waals surface area contributed by atoms with Crippen LogP contribution in [0.5, 0.6) is 0 Å². The summed E-state index contributed by atoms with van der Waals surface area (Å²) in [6.07, 6.45) is 0.698. The molecular formula is C18H22N4O3S2. The van der Waals surface area contributed by atoms with Crippen LogP contribution in [0.3, 0.4) is 0 Å². The summed E-state index contributed by atoms with van der Waals surface area (Å²) in [7, 11) is -3.93. The fraction of sp³-hybridized carbons (Fsp3) is 0.389. The van der Waals surface area contributed by atoms with Gasteiger partial charge < -0.3 is 0 Å². The van der Waals surface area contributed by atoms with Gasteiger partial charge in [-0.05, 0) is 69.7 Å². The molecule has 0 spiro atoms. The van der Waals surface area contributed by atoms with Gasteiger partial charge >= 0.3 is 0 Å². The number of sulfonamides is 1. The maximum atomic E-state index is 13.1. The summed E-state index contributed by atoms with van der Waals surface area (Å²) in [4.78, 5) is 13.8. The average molecular weight is 407 g/mol. The van der Waals surface area contributed by atoms with Gasteiger partial charge in [-0.3, -0.25) is 9.69 Å². The largest absolute Gasteiger partial charge is 0.287 e. The van der Waals surface area contributed by atoms with Crippen LogP contribution in [0.1, 0.15) is 31.7 Å². The van der Waals surface area contributed by atoms with E-state index in [4.69, 9.17) is 12.2 Å². The second-order valence-electron chi connectivity index (χ2n) is 6.58. The highest BCUT2D eigenvalue weighted by molar-refractivity contribution is 7.91. The minimum absolute atomic E-state index is 0.0389. The molecule has 1 atom stereocenters. The van der Waals surface area contributed by atoms with E-state index >= 15 is 0 Å². The number of hydrogen-bond acceptors (Lipinski definition) is 5. The third kappa shape index (κ3) is 3.25. The molecule has 27 heavy (non-hydrogen) atoms. The smallest absolute Gasteiger partial charge is 0.266 e. The van der Waals surface area contributed by atoms with E-state index in [0.29, 0.717) is 13.0 Å². The van der Waals surface area contributed by atoms with Crippen molar-refractivity contribution >= 4 is 33.3 Å². The molecule has 0 saturated carbocycles. The Morgan fingerprint density at radius 1 is 1.19 bits per heavy atom. The first-order valence-corrected chi connectivity index (χ1v) is 10.6. The molecule has 3 rings (SSSR count). The van der Waals surface area contributed by atoms with Crippen LogP contribution in [0.25, 0.3) is 5.69 Å². The van der Waals surface area contributed by atoms with Gasteiger partial charge in [0.25, 0.3) is 15.9 Å². The Morgan fingerprint density at radius 3 is 2.33 bits per heavy atom. The molecule has 1 amide bonds. The topological polar surface area (TPSA) is 75.5 Å². The number of carbonyl (C=O) groups excluding carboxylic acids is 1. The Morgan fingerprint density at radius 2 is 1.81 bits per heavy atom. The summed E-state index contributed by atoms with van der Waals surface area (Å²) >= 11 is 5.29. The normalized spacial score (nSPS) is 17.9. The fourth-order valence-electron chi connectivity index (χ4n) is 3.21. The van der Waals surface area contributed by atoms with E-state index < -0.39 is 16.1 Å². The van der Waals surface area contributed by atoms with E-state index in [1.54, 1.807) is 23.7 Å². The van der Waals surface area contributed by atoms with Crippen molar-refractivity contribution < 1.29 is 13.2 Å². The van der Waals surface area contributed by atoms with Gasteiger partial charge in [-0.25, -0.2) is 17.4 Å². The number of aromatic nitrogens is 2. The van der Waals surface area contributed by atoms with Crippen molar-refractivity contribution in [3.8, 4) is 5.69 Å². The van der Waals surface area contributed by atoms with E-state index in [-0.39, 0.29) is 15.9 Å². The second kappa shape index (κ2) is 7.05. The average Bonchev–Trinajstić information content (AvgIpc) is 3.06. The van der Waals surface area contributed by atoms with Crippen LogP contribution >= 0.6 is 12.2 Å². The molecule has 9 heteroatoms. The lowest BCUT2D eigenvalue weighted by atomic mass is 10.3. The van der Waals surface area contributed by atoms with E-state index in [1.807, 2.05) is 26.8 Å². The first-order chi connectivity index (χ1) is 12.7. The molecular weight excluding hydrogens is 384 g/mol. The zero-order valence-electron chi connectivity index (χ0n) is 15.7. The molecule has 2 aromatic rings. The minimum atomic E-state index is -3.93. The molecule has 0 N–H and O–H groups in total. The SMILES string of the molecule is CCCN1C(=O)C(C)N(S(=O)(=O)c2ccc(-n3nc(C)cc3C)cc2)C1=S. The Hall–Kier alpha value is -2.26. The highest BCUT2D eigenvalue weighted by Crippen LogP contribution is 2.27. The van der Waals surface area contributed by atoms with Gasteiger partial charge in [-0.1, -0.05) is 6.92 Å². The predicted octanol–water partition coefficient (Wildman–Crippen LogP) is 2.41. The Kier molecular flexibility index (Phi) is 5.09. The van der Waals surface area contributed by atoms with Gasteiger partial charge in [0.15, 0.2) is 5.11 Å². The number of carbonyl (C=O) groups is 1. The first kappa shape index (κ1) is 19.5. The minimum Gasteiger partial charge on any atom is -0.287 e. The number of nitrogens with zero attached hydrogens (tertiary/aromatic N) is 4. The lowest BCUT2D eigenvalue weighted by Gasteiger charge is -2.22. The molecule has 1 aliphatic rings. The summed E-state index contributed by atoms with van der Waals surface area (Å²) in [6, 6.07) is 7.53. The standard InChI is InChI=1S/C18H22N4O3S2/c1-5-10-20-17(23)14(4)22(18(20)26)27(24,25)16-8-6-15(7-9-16)21-13(3)11-12(2)19-21/h6-9,11,14H,5,10H2,1-4H3. The van der Waals surface area contributed by atoms with E-state index in [2.05, 4.69) is 5.10 Å². The monoisotopic (exact) mass is 406 g/mol. The lowest BCUT2D eigenvalue weighted by molar-refractivity contribution is -0.127. The summed E-state index contributed by atoms with van der Waals surface area (Å²) in [5.74, 6) is -0.287. The molecule has 7 nitrogen and oxygen atoms in total. The second-order valence-corrected chi connectivity index (χ2v) is 8.76. The zero-order chi connectivity index (χ0) is 19.9. The van der Waals surface area contributed by atoms with Gasteiger partial charge in [0.1, 0.15) is 6.04 Å². The predicted molar refractivity (Wildman–Crippen MR) is 106 cm³/mol. The molecule has 1 aromatic heterocycles. The first-order valence-electron chi connectivity index (χ1n) is 8.72. The van der Waals surface area contributed by atoms with Crippen LogP contribution in [0, 0.1) is 13.8 Å². The van der Waals surface area contributed by atoms with Gasteiger partial charge in [0.05, 0.1) is 16.3 Å². The van der Waals surface area contributed by atoms with Crippen LogP contribution in [-0.4, -0.2) is 51.0 Å². The van der Waals surface area contributed by atoms with Gasteiger partial charge in [0.2, 0.25) is 0 Å². The lowest BCUT2D eigenvalue weighted by Crippen LogP contribution is -2.39. The summed E-state index contributed by atoms with van der Waals surface area (Å²) in [5, 5.41) is 4.44. The quantitative estimate of drug-likeness (QED) is 0.713. The number of thiocarbonyl (C=S) groups is 1. The molecule has 1 saturated heterocycles. The highest BCUT2D eigenvalue weighted by Gasteiger charge is 2.45. The number of rotatable bonds is 5. The van der Waals surface area contributed by atoms with Gasteiger partial charge in [-0.2, -0.15) is 5.10 Å². The third-order valence-electron chi connectivity index (χ3n) is 4.49. The van der Waals surface area contributed by atoms with Crippen molar-refractivity contribution in [3.63, 3.8) is 0 Å². The van der Waals surface area contributed by atoms with Gasteiger partial charge in [-0.15, -0.1) is 0 Å². The molecule has 0 radical (unpaired) electrons. The van der Waals surface area contributed by atoms with Crippen LogP contribution in [0.4, 0.5) is 0 Å². The van der Waals surface area contributed by atoms with Crippen molar-refractivity contribution in [1.29, 1.82) is 0 Å². The molecule has 2 heterocycles. The zero-order valence-corrected chi connectivity index (χ0v) is 17.3. The summed E-state index contributed by atoms with van der Waals surface area (Å²) < 4.78 is 29.0. The van der Waals surface area contributed by atoms with Crippen molar-refractivity contribution in [2.24, 2.45) is 0 Å². The van der Waals surface area contributed by atoms with E-state index in [9.17, 15) is 13.2 Å². The highest BCUT2D eigenvalue weighted by atomic mass is 32.2. The number of hydrogen-bond donors (Lipinski definition) is 0. The summed E-state index contributed by atoms with van der Waals surface area (Å²) in [5.41, 5.74) is 2.61. The molecule has 0 bridgehead atoms. The Bertz CT molecular complexity index is 996. The molecule has 1 unspecified atom stereocenters. The summed E-state index contributed by atoms with van der Waals surface area (Å²) in [6.45, 7) is 7.71. The van der Waals surface area contributed by atoms with E-state index in [0.717, 1.165) is 21.4 Å². The number of benzene rings is 1. The number of amides is 1. The molecule has 144 valence electrons. The van der Waals surface area contributed by atoms with Crippen LogP contribution < -0.4 is 0 Å². The van der Waals surface area contributed by atoms with Crippen LogP contribution in [-0.2, 0) is 14.8 Å². The Balaban J connectivity index is 1.95. The fourth-order valence-corrected chi connectivity index (χ4v) is 5.36. The van der Waals surface area contributed by atoms with Crippen molar-refractivity contribution in [1.82, 2.24) is 19.0 Å². The Labute approximate surface area is 164 Å². The van der Waals surface area contributed by atoms with Gasteiger partial charge in [0, 0.05) is 12.2 Å². The molecule has 1 aromatic carbocycles. The van der Waals surface area contributed by atoms with Crippen molar-refractivity contribution in [3.05, 3.63) is 41.7 Å². The third-order valence-corrected chi connectivity index (χ3v) is 6.90. The maximum absolute atomic E-state index is 13.1. The number of aryl methyl sites for hydroxylation is 2. The maximum Gasteiger partial charge on any atom is 0.266 e. The molecule has 1 fully saturated rings. The molecule has 1 aliphatic heterocycles. The van der Waals surface area contributed by atoms with Crippen molar-refractivity contribution in [2.45, 2.75) is 45.1 Å². The van der Waals surface area contributed by atoms with Crippen LogP contribution in [0.2, 0.25) is 0 Å². The van der Waals surface area contributed by atoms with E-state index in [1.165, 1.54) is 17.0 Å².